The molecule has 2 amide bonds. The first kappa shape index (κ1) is 34.7. The van der Waals surface area contributed by atoms with Crippen LogP contribution >= 0.6 is 46.2 Å². The summed E-state index contributed by atoms with van der Waals surface area (Å²) in [6.07, 6.45) is -0.234. The van der Waals surface area contributed by atoms with Gasteiger partial charge in [0.05, 0.1) is 6.42 Å². The molecule has 258 valence electrons. The van der Waals surface area contributed by atoms with Crippen molar-refractivity contribution >= 4 is 80.8 Å². The van der Waals surface area contributed by atoms with Gasteiger partial charge in [-0.15, -0.1) is 33.3 Å². The number of phenols is 2. The molecule has 4 aromatic rings. The first-order valence-electron chi connectivity index (χ1n) is 14.4. The Bertz CT molecular complexity index is 2060. The standard InChI is InChI=1S/C30H25N7O9S4/c31-29-32-17(12-48-29)21(36-46-9-15-4-2-1-3-13(15)8-20(40)41)24(42)33-22-26(43)37-23(28(44)45)16(10-47-27(22)37)11-49-30-35-34-25(50-30)14-5-6-18(38)19(39)7-14/h1-7,12,22,27,38-39H,8-11H2,(H2,31,32)(H,33,42)(H,40,41)(H,44,45)/t22-,27-/m1/s1. The van der Waals surface area contributed by atoms with Crippen molar-refractivity contribution in [3.05, 3.63) is 75.9 Å². The number of nitrogens with one attached hydrogen (secondary N) is 1. The molecule has 1 fully saturated rings. The number of aliphatic carboxylic acids is 2. The Morgan fingerprint density at radius 3 is 2.58 bits per heavy atom. The van der Waals surface area contributed by atoms with Gasteiger partial charge >= 0.3 is 11.9 Å². The van der Waals surface area contributed by atoms with Crippen LogP contribution < -0.4 is 11.1 Å². The molecule has 2 aliphatic heterocycles. The summed E-state index contributed by atoms with van der Waals surface area (Å²) in [7, 11) is 0. The Hall–Kier alpha value is -5.18. The fourth-order valence-electron chi connectivity index (χ4n) is 4.99. The van der Waals surface area contributed by atoms with Crippen LogP contribution in [0.3, 0.4) is 0 Å². The lowest BCUT2D eigenvalue weighted by molar-refractivity contribution is -0.150. The zero-order chi connectivity index (χ0) is 35.5. The number of oxime groups is 1. The first-order valence-corrected chi connectivity index (χ1v) is 18.1. The van der Waals surface area contributed by atoms with Gasteiger partial charge in [0.2, 0.25) is 0 Å². The minimum atomic E-state index is -1.29. The second-order valence-electron chi connectivity index (χ2n) is 10.6. The Balaban J connectivity index is 1.14. The fraction of sp³-hybridized carbons (Fsp3) is 0.200. The molecule has 2 aromatic heterocycles. The first-order chi connectivity index (χ1) is 24.0. The Morgan fingerprint density at radius 2 is 1.88 bits per heavy atom. The van der Waals surface area contributed by atoms with E-state index in [1.165, 1.54) is 52.4 Å². The van der Waals surface area contributed by atoms with Gasteiger partial charge in [0.1, 0.15) is 34.4 Å². The van der Waals surface area contributed by atoms with Crippen LogP contribution in [0.15, 0.2) is 68.6 Å². The van der Waals surface area contributed by atoms with E-state index >= 15 is 0 Å². The summed E-state index contributed by atoms with van der Waals surface area (Å²) in [6, 6.07) is 9.92. The smallest absolute Gasteiger partial charge is 0.352 e. The highest BCUT2D eigenvalue weighted by molar-refractivity contribution is 8.01. The number of aromatic hydroxyl groups is 2. The van der Waals surface area contributed by atoms with E-state index in [9.17, 15) is 39.6 Å². The molecule has 2 aromatic carbocycles. The van der Waals surface area contributed by atoms with Gasteiger partial charge in [0.25, 0.3) is 11.8 Å². The number of fused-ring (bicyclic) bond motifs is 1. The second kappa shape index (κ2) is 14.7. The minimum Gasteiger partial charge on any atom is -0.504 e. The molecule has 6 rings (SSSR count). The number of hydrogen-bond acceptors (Lipinski definition) is 16. The molecular formula is C30H25N7O9S4. The number of aromatic nitrogens is 3. The van der Waals surface area contributed by atoms with Crippen LogP contribution in [-0.2, 0) is 37.0 Å². The number of carbonyl (C=O) groups is 4. The van der Waals surface area contributed by atoms with Crippen molar-refractivity contribution in [2.45, 2.75) is 28.8 Å². The quantitative estimate of drug-likeness (QED) is 0.0377. The number of rotatable bonds is 13. The molecule has 2 atom stereocenters. The number of thiazole rings is 1. The van der Waals surface area contributed by atoms with Gasteiger partial charge in [0, 0.05) is 22.4 Å². The van der Waals surface area contributed by atoms with E-state index in [4.69, 9.17) is 10.6 Å². The number of phenolic OH excluding ortho intramolecular Hbond substituents is 2. The topological polar surface area (TPSA) is 251 Å². The Morgan fingerprint density at radius 1 is 1.10 bits per heavy atom. The van der Waals surface area contributed by atoms with Crippen molar-refractivity contribution in [1.82, 2.24) is 25.4 Å². The number of β-lactam (4-membered cyclic amide) rings is 1. The van der Waals surface area contributed by atoms with Crippen molar-refractivity contribution in [3.63, 3.8) is 0 Å². The molecule has 0 radical (unpaired) electrons. The number of anilines is 1. The SMILES string of the molecule is Nc1nc(C(=NOCc2ccccc2CC(=O)O)C(=O)N[C@@H]2C(=O)N3C(C(=O)O)=C(CSc4nnc(-c5ccc(O)c(O)c5)s4)CS[C@H]23)cs1. The van der Waals surface area contributed by atoms with Gasteiger partial charge < -0.3 is 36.3 Å². The molecule has 16 nitrogen and oxygen atoms in total. The number of carboxylic acid groups (broad SMARTS) is 2. The highest BCUT2D eigenvalue weighted by Crippen LogP contribution is 2.42. The lowest BCUT2D eigenvalue weighted by Crippen LogP contribution is -2.71. The van der Waals surface area contributed by atoms with Crippen LogP contribution in [0.5, 0.6) is 11.5 Å². The summed E-state index contributed by atoms with van der Waals surface area (Å²) in [6.45, 7) is -0.152. The predicted octanol–water partition coefficient (Wildman–Crippen LogP) is 2.73. The third-order valence-electron chi connectivity index (χ3n) is 7.35. The average Bonchev–Trinajstić information content (AvgIpc) is 3.74. The summed E-state index contributed by atoms with van der Waals surface area (Å²) in [5.41, 5.74) is 7.52. The number of amides is 2. The maximum atomic E-state index is 13.5. The number of carbonyl (C=O) groups excluding carboxylic acids is 2. The van der Waals surface area contributed by atoms with Crippen molar-refractivity contribution in [1.29, 1.82) is 0 Å². The zero-order valence-corrected chi connectivity index (χ0v) is 28.6. The molecule has 50 heavy (non-hydrogen) atoms. The molecule has 20 heteroatoms. The maximum Gasteiger partial charge on any atom is 0.352 e. The van der Waals surface area contributed by atoms with Crippen molar-refractivity contribution in [3.8, 4) is 22.1 Å². The summed E-state index contributed by atoms with van der Waals surface area (Å²) in [5.74, 6) is -3.85. The van der Waals surface area contributed by atoms with Crippen LogP contribution in [-0.4, -0.2) is 92.9 Å². The molecular weight excluding hydrogens is 731 g/mol. The Kier molecular flexibility index (Phi) is 10.2. The number of carboxylic acids is 2. The van der Waals surface area contributed by atoms with Crippen LogP contribution in [0.4, 0.5) is 5.13 Å². The van der Waals surface area contributed by atoms with Gasteiger partial charge in [-0.25, -0.2) is 9.78 Å². The monoisotopic (exact) mass is 755 g/mol. The van der Waals surface area contributed by atoms with E-state index < -0.39 is 35.2 Å². The number of hydrogen-bond donors (Lipinski definition) is 6. The number of nitrogens with two attached hydrogens (primary N) is 1. The maximum absolute atomic E-state index is 13.5. The fourth-order valence-corrected chi connectivity index (χ4v) is 8.88. The normalized spacial score (nSPS) is 17.2. The highest BCUT2D eigenvalue weighted by Gasteiger charge is 2.54. The van der Waals surface area contributed by atoms with Gasteiger partial charge in [0.15, 0.2) is 26.7 Å². The molecule has 7 N–H and O–H groups in total. The number of nitrogen functional groups attached to an aromatic ring is 1. The molecule has 2 aliphatic rings. The van der Waals surface area contributed by atoms with Crippen molar-refractivity contribution < 1.29 is 44.4 Å². The van der Waals surface area contributed by atoms with E-state index in [0.717, 1.165) is 16.2 Å². The molecule has 0 unspecified atom stereocenters. The van der Waals surface area contributed by atoms with E-state index in [2.05, 4.69) is 25.7 Å². The predicted molar refractivity (Wildman–Crippen MR) is 185 cm³/mol. The van der Waals surface area contributed by atoms with E-state index in [1.54, 1.807) is 30.3 Å². The van der Waals surface area contributed by atoms with E-state index in [1.807, 2.05) is 0 Å². The van der Waals surface area contributed by atoms with Gasteiger partial charge in [-0.05, 0) is 34.9 Å². The Labute approximate surface area is 298 Å². The van der Waals surface area contributed by atoms with Gasteiger partial charge in [-0.3, -0.25) is 19.3 Å². The molecule has 0 bridgehead atoms. The summed E-state index contributed by atoms with van der Waals surface area (Å²) in [5, 5.41) is 54.9. The zero-order valence-electron chi connectivity index (χ0n) is 25.4. The van der Waals surface area contributed by atoms with Crippen LogP contribution in [0.25, 0.3) is 10.6 Å². The third kappa shape index (κ3) is 7.37. The molecule has 4 heterocycles. The van der Waals surface area contributed by atoms with Crippen molar-refractivity contribution in [2.24, 2.45) is 5.16 Å². The number of benzene rings is 2. The van der Waals surface area contributed by atoms with E-state index in [0.29, 0.717) is 31.6 Å². The molecule has 0 saturated carbocycles. The molecule has 1 saturated heterocycles. The number of thioether (sulfide) groups is 2. The second-order valence-corrected chi connectivity index (χ2v) is 14.8. The summed E-state index contributed by atoms with van der Waals surface area (Å²) in [4.78, 5) is 61.2. The third-order valence-corrected chi connectivity index (χ3v) is 11.6. The molecule has 0 spiro atoms. The van der Waals surface area contributed by atoms with E-state index in [-0.39, 0.29) is 58.3 Å². The summed E-state index contributed by atoms with van der Waals surface area (Å²) < 4.78 is 0.527. The summed E-state index contributed by atoms with van der Waals surface area (Å²) >= 11 is 4.81. The van der Waals surface area contributed by atoms with Crippen molar-refractivity contribution in [2.75, 3.05) is 17.2 Å². The van der Waals surface area contributed by atoms with Crippen LogP contribution in [0, 0.1) is 0 Å². The highest BCUT2D eigenvalue weighted by atomic mass is 32.2. The minimum absolute atomic E-state index is 0.0937. The lowest BCUT2D eigenvalue weighted by atomic mass is 10.0. The van der Waals surface area contributed by atoms with Crippen LogP contribution in [0.2, 0.25) is 0 Å². The largest absolute Gasteiger partial charge is 0.504 e. The van der Waals surface area contributed by atoms with Gasteiger partial charge in [-0.1, -0.05) is 52.5 Å². The average molecular weight is 756 g/mol. The van der Waals surface area contributed by atoms with Gasteiger partial charge in [-0.2, -0.15) is 0 Å². The lowest BCUT2D eigenvalue weighted by Gasteiger charge is -2.49. The van der Waals surface area contributed by atoms with Crippen LogP contribution in [0.1, 0.15) is 16.8 Å². The molecule has 0 aliphatic carbocycles. The number of nitrogens with zero attached hydrogens (tertiary/aromatic N) is 5.